The summed E-state index contributed by atoms with van der Waals surface area (Å²) in [4.78, 5) is 31.9. The van der Waals surface area contributed by atoms with Crippen LogP contribution in [0.15, 0.2) is 17.0 Å². The molecule has 0 aliphatic carbocycles. The Balaban J connectivity index is 1.35. The number of ether oxygens (including phenoxy) is 1. The van der Waals surface area contributed by atoms with Crippen molar-refractivity contribution < 1.29 is 19.2 Å². The number of aromatic nitrogens is 8. The molecule has 35 heavy (non-hydrogen) atoms. The summed E-state index contributed by atoms with van der Waals surface area (Å²) in [6.45, 7) is 8.63. The van der Waals surface area contributed by atoms with Crippen LogP contribution in [0, 0.1) is 6.92 Å². The monoisotopic (exact) mass is 481 g/mol. The third-order valence-electron chi connectivity index (χ3n) is 6.12. The van der Waals surface area contributed by atoms with Gasteiger partial charge in [-0.2, -0.15) is 15.1 Å². The number of rotatable bonds is 6. The summed E-state index contributed by atoms with van der Waals surface area (Å²) >= 11 is 0. The van der Waals surface area contributed by atoms with Crippen molar-refractivity contribution in [3.63, 3.8) is 0 Å². The number of carbonyl (C=O) groups is 1. The number of nitrogens with zero attached hydrogens (tertiary/aromatic N) is 9. The molecule has 5 rings (SSSR count). The van der Waals surface area contributed by atoms with Crippen LogP contribution in [0.25, 0.3) is 22.6 Å². The molecule has 184 valence electrons. The Morgan fingerprint density at radius 3 is 2.80 bits per heavy atom. The van der Waals surface area contributed by atoms with Crippen molar-refractivity contribution in [2.75, 3.05) is 13.1 Å². The fourth-order valence-electron chi connectivity index (χ4n) is 4.16. The molecule has 1 aliphatic rings. The molecule has 1 amide bonds. The number of amides is 1. The van der Waals surface area contributed by atoms with Crippen LogP contribution in [0.2, 0.25) is 0 Å². The molecule has 0 radical (unpaired) electrons. The van der Waals surface area contributed by atoms with E-state index in [0.29, 0.717) is 36.6 Å². The van der Waals surface area contributed by atoms with Gasteiger partial charge in [0.05, 0.1) is 18.3 Å². The number of aliphatic hydroxyl groups is 1. The molecular formula is C22H27N9O4. The predicted molar refractivity (Wildman–Crippen MR) is 122 cm³/mol. The number of aryl methyl sites for hydroxylation is 2. The van der Waals surface area contributed by atoms with Crippen molar-refractivity contribution in [2.24, 2.45) is 7.05 Å². The molecule has 1 fully saturated rings. The van der Waals surface area contributed by atoms with E-state index in [1.807, 2.05) is 30.1 Å². The fraction of sp³-hybridized carbons (Fsp3) is 0.500. The molecule has 1 unspecified atom stereocenters. The summed E-state index contributed by atoms with van der Waals surface area (Å²) < 4.78 is 15.0. The van der Waals surface area contributed by atoms with E-state index in [2.05, 4.69) is 25.2 Å². The Morgan fingerprint density at radius 2 is 2.11 bits per heavy atom. The zero-order valence-electron chi connectivity index (χ0n) is 20.3. The first-order valence-electron chi connectivity index (χ1n) is 11.4. The highest BCUT2D eigenvalue weighted by Crippen LogP contribution is 2.30. The second kappa shape index (κ2) is 8.41. The molecule has 0 saturated carbocycles. The highest BCUT2D eigenvalue weighted by atomic mass is 16.5. The first-order chi connectivity index (χ1) is 16.7. The topological polar surface area (TPSA) is 150 Å². The van der Waals surface area contributed by atoms with E-state index < -0.39 is 5.60 Å². The molecule has 0 spiro atoms. The highest BCUT2D eigenvalue weighted by Gasteiger charge is 2.33. The normalized spacial score (nSPS) is 16.4. The first kappa shape index (κ1) is 22.9. The van der Waals surface area contributed by atoms with Gasteiger partial charge >= 0.3 is 0 Å². The Labute approximate surface area is 200 Å². The SMILES string of the molecule is CCn1ncc(-c2nc3c(OC4CCN(C(=O)c5noc(C(C)(C)O)n5)C4)ncnc3n2C)c1C. The fourth-order valence-corrected chi connectivity index (χ4v) is 4.16. The van der Waals surface area contributed by atoms with Crippen LogP contribution < -0.4 is 4.74 Å². The first-order valence-corrected chi connectivity index (χ1v) is 11.4. The third-order valence-corrected chi connectivity index (χ3v) is 6.12. The van der Waals surface area contributed by atoms with Crippen LogP contribution in [0.4, 0.5) is 0 Å². The number of fused-ring (bicyclic) bond motifs is 1. The molecule has 0 aromatic carbocycles. The van der Waals surface area contributed by atoms with Crippen molar-refractivity contribution in [3.8, 4) is 17.3 Å². The molecule has 0 bridgehead atoms. The number of hydrogen-bond acceptors (Lipinski definition) is 10. The second-order valence-electron chi connectivity index (χ2n) is 9.07. The molecule has 5 heterocycles. The summed E-state index contributed by atoms with van der Waals surface area (Å²) in [5.41, 5.74) is 1.80. The standard InChI is InChI=1S/C22H27N9O4/c1-6-31-12(2)14(9-25-31)17-26-15-18(29(17)5)23-11-24-19(15)34-13-7-8-30(10-13)20(32)16-27-21(35-28-16)22(3,4)33/h9,11,13,33H,6-8,10H2,1-5H3. The average Bonchev–Trinajstić information content (AvgIpc) is 3.60. The van der Waals surface area contributed by atoms with Gasteiger partial charge in [0, 0.05) is 32.3 Å². The van der Waals surface area contributed by atoms with Crippen LogP contribution in [0.3, 0.4) is 0 Å². The van der Waals surface area contributed by atoms with E-state index in [0.717, 1.165) is 23.6 Å². The van der Waals surface area contributed by atoms with Crippen LogP contribution in [-0.2, 0) is 19.2 Å². The highest BCUT2D eigenvalue weighted by molar-refractivity contribution is 5.90. The minimum Gasteiger partial charge on any atom is -0.471 e. The van der Waals surface area contributed by atoms with E-state index in [1.165, 1.54) is 20.2 Å². The second-order valence-corrected chi connectivity index (χ2v) is 9.07. The van der Waals surface area contributed by atoms with E-state index in [9.17, 15) is 9.90 Å². The summed E-state index contributed by atoms with van der Waals surface area (Å²) in [5.74, 6) is 0.601. The lowest BCUT2D eigenvalue weighted by molar-refractivity contribution is 0.0420. The van der Waals surface area contributed by atoms with Crippen molar-refractivity contribution >= 4 is 17.1 Å². The zero-order chi connectivity index (χ0) is 24.9. The number of carbonyl (C=O) groups excluding carboxylic acids is 1. The smallest absolute Gasteiger partial charge is 0.295 e. The quantitative estimate of drug-likeness (QED) is 0.429. The summed E-state index contributed by atoms with van der Waals surface area (Å²) in [6, 6.07) is 0. The average molecular weight is 482 g/mol. The van der Waals surface area contributed by atoms with Gasteiger partial charge in [0.1, 0.15) is 23.9 Å². The van der Waals surface area contributed by atoms with Gasteiger partial charge in [-0.05, 0) is 27.7 Å². The Bertz CT molecular complexity index is 1400. The van der Waals surface area contributed by atoms with Crippen molar-refractivity contribution in [1.29, 1.82) is 0 Å². The van der Waals surface area contributed by atoms with Crippen LogP contribution in [-0.4, -0.2) is 74.5 Å². The van der Waals surface area contributed by atoms with Crippen molar-refractivity contribution in [3.05, 3.63) is 29.9 Å². The number of imidazole rings is 1. The number of likely N-dealkylation sites (tertiary alicyclic amines) is 1. The van der Waals surface area contributed by atoms with Crippen molar-refractivity contribution in [2.45, 2.75) is 52.4 Å². The molecule has 1 aliphatic heterocycles. The van der Waals surface area contributed by atoms with Gasteiger partial charge in [-0.25, -0.2) is 9.97 Å². The van der Waals surface area contributed by atoms with Gasteiger partial charge in [0.2, 0.25) is 5.88 Å². The molecule has 13 heteroatoms. The Hall–Kier alpha value is -3.87. The molecule has 1 atom stereocenters. The van der Waals surface area contributed by atoms with Gasteiger partial charge in [0.15, 0.2) is 11.2 Å². The van der Waals surface area contributed by atoms with E-state index in [-0.39, 0.29) is 23.7 Å². The van der Waals surface area contributed by atoms with E-state index in [1.54, 1.807) is 11.1 Å². The summed E-state index contributed by atoms with van der Waals surface area (Å²) in [6.07, 6.45) is 3.57. The lowest BCUT2D eigenvalue weighted by Gasteiger charge is -2.15. The molecular weight excluding hydrogens is 454 g/mol. The third kappa shape index (κ3) is 4.01. The molecule has 1 N–H and O–H groups in total. The van der Waals surface area contributed by atoms with Gasteiger partial charge < -0.3 is 23.8 Å². The van der Waals surface area contributed by atoms with E-state index >= 15 is 0 Å². The van der Waals surface area contributed by atoms with Crippen molar-refractivity contribution in [1.82, 2.24) is 44.3 Å². The predicted octanol–water partition coefficient (Wildman–Crippen LogP) is 1.46. The lowest BCUT2D eigenvalue weighted by atomic mass is 10.1. The summed E-state index contributed by atoms with van der Waals surface area (Å²) in [7, 11) is 1.90. The molecule has 1 saturated heterocycles. The van der Waals surface area contributed by atoms with Gasteiger partial charge in [-0.3, -0.25) is 9.48 Å². The van der Waals surface area contributed by atoms with Crippen LogP contribution in [0.1, 0.15) is 49.4 Å². The molecule has 13 nitrogen and oxygen atoms in total. The van der Waals surface area contributed by atoms with E-state index in [4.69, 9.17) is 14.2 Å². The van der Waals surface area contributed by atoms with Gasteiger partial charge in [-0.15, -0.1) is 0 Å². The Morgan fingerprint density at radius 1 is 1.31 bits per heavy atom. The zero-order valence-corrected chi connectivity index (χ0v) is 20.3. The van der Waals surface area contributed by atoms with Crippen LogP contribution >= 0.6 is 0 Å². The lowest BCUT2D eigenvalue weighted by Crippen LogP contribution is -2.32. The van der Waals surface area contributed by atoms with Crippen LogP contribution in [0.5, 0.6) is 5.88 Å². The maximum atomic E-state index is 12.8. The van der Waals surface area contributed by atoms with Gasteiger partial charge in [0.25, 0.3) is 17.6 Å². The largest absolute Gasteiger partial charge is 0.471 e. The van der Waals surface area contributed by atoms with Gasteiger partial charge in [-0.1, -0.05) is 5.16 Å². The maximum Gasteiger partial charge on any atom is 0.295 e. The summed E-state index contributed by atoms with van der Waals surface area (Å²) in [5, 5.41) is 18.1. The number of hydrogen-bond donors (Lipinski definition) is 1. The maximum absolute atomic E-state index is 12.8. The minimum atomic E-state index is -1.32. The Kier molecular flexibility index (Phi) is 5.50. The minimum absolute atomic E-state index is 0.0121. The molecule has 4 aromatic rings. The molecule has 4 aromatic heterocycles.